The summed E-state index contributed by atoms with van der Waals surface area (Å²) < 4.78 is 0. The van der Waals surface area contributed by atoms with E-state index in [-0.39, 0.29) is 5.91 Å². The molecular weight excluding hydrogens is 454 g/mol. The second-order valence-electron chi connectivity index (χ2n) is 10.1. The molecule has 3 aromatic rings. The number of hydrogen-bond acceptors (Lipinski definition) is 3. The monoisotopic (exact) mass is 487 g/mol. The Bertz CT molecular complexity index is 1190. The van der Waals surface area contributed by atoms with E-state index < -0.39 is 0 Å². The van der Waals surface area contributed by atoms with Gasteiger partial charge in [-0.2, -0.15) is 0 Å². The minimum atomic E-state index is -0.167. The lowest BCUT2D eigenvalue weighted by molar-refractivity contribution is 0.102. The van der Waals surface area contributed by atoms with Crippen LogP contribution in [0.15, 0.2) is 66.7 Å². The van der Waals surface area contributed by atoms with Gasteiger partial charge in [-0.05, 0) is 111 Å². The van der Waals surface area contributed by atoms with E-state index in [0.29, 0.717) is 39.8 Å². The van der Waals surface area contributed by atoms with Crippen molar-refractivity contribution in [1.82, 2.24) is 4.90 Å². The molecule has 0 aromatic heterocycles. The molecule has 1 aliphatic carbocycles. The number of likely N-dealkylation sites (tertiary alicyclic amines) is 1. The lowest BCUT2D eigenvalue weighted by Gasteiger charge is -2.36. The number of hydrogen-bond donors (Lipinski definition) is 2. The Balaban J connectivity index is 1.19. The van der Waals surface area contributed by atoms with Crippen molar-refractivity contribution in [1.29, 1.82) is 0 Å². The molecule has 1 aliphatic heterocycles. The molecule has 5 rings (SSSR count). The van der Waals surface area contributed by atoms with Gasteiger partial charge >= 0.3 is 0 Å². The number of carbonyl (C=O) groups is 1. The summed E-state index contributed by atoms with van der Waals surface area (Å²) in [4.78, 5) is 15.6. The second-order valence-corrected chi connectivity index (χ2v) is 10.6. The highest BCUT2D eigenvalue weighted by Crippen LogP contribution is 2.40. The van der Waals surface area contributed by atoms with Crippen molar-refractivity contribution in [3.63, 3.8) is 0 Å². The number of benzene rings is 3. The molecule has 2 atom stereocenters. The number of carbonyl (C=O) groups excluding carboxylic acids is 1. The highest BCUT2D eigenvalue weighted by Gasteiger charge is 2.33. The topological polar surface area (TPSA) is 58.4 Å². The van der Waals surface area contributed by atoms with Crippen LogP contribution in [0.2, 0.25) is 5.02 Å². The lowest BCUT2D eigenvalue weighted by atomic mass is 9.88. The maximum absolute atomic E-state index is 12.8. The van der Waals surface area contributed by atoms with Crippen molar-refractivity contribution in [2.45, 2.75) is 56.9 Å². The minimum absolute atomic E-state index is 0.167. The first kappa shape index (κ1) is 23.9. The Morgan fingerprint density at radius 2 is 1.71 bits per heavy atom. The lowest BCUT2D eigenvalue weighted by Crippen LogP contribution is -2.39. The Hall–Kier alpha value is -2.82. The van der Waals surface area contributed by atoms with Crippen LogP contribution in [0.1, 0.15) is 71.0 Å². The van der Waals surface area contributed by atoms with Crippen LogP contribution in [0.3, 0.4) is 0 Å². The van der Waals surface area contributed by atoms with Crippen molar-refractivity contribution < 1.29 is 4.79 Å². The molecule has 2 aliphatic rings. The number of nitrogen functional groups attached to an aromatic ring is 1. The first-order valence-electron chi connectivity index (χ1n) is 12.7. The van der Waals surface area contributed by atoms with Gasteiger partial charge in [-0.25, -0.2) is 0 Å². The zero-order chi connectivity index (χ0) is 24.4. The van der Waals surface area contributed by atoms with E-state index in [1.165, 1.54) is 61.9 Å². The minimum Gasteiger partial charge on any atom is -0.397 e. The number of anilines is 2. The molecule has 0 radical (unpaired) electrons. The summed E-state index contributed by atoms with van der Waals surface area (Å²) in [6, 6.07) is 22.8. The summed E-state index contributed by atoms with van der Waals surface area (Å²) in [5, 5.41) is 3.44. The van der Waals surface area contributed by atoms with Gasteiger partial charge < -0.3 is 16.0 Å². The van der Waals surface area contributed by atoms with E-state index in [4.69, 9.17) is 17.3 Å². The number of nitrogens with zero attached hydrogens (tertiary/aromatic N) is 1. The van der Waals surface area contributed by atoms with E-state index in [1.807, 2.05) is 12.1 Å². The Kier molecular flexibility index (Phi) is 7.12. The molecule has 5 heteroatoms. The predicted octanol–water partition coefficient (Wildman–Crippen LogP) is 7.00. The fourth-order valence-corrected chi connectivity index (χ4v) is 6.17. The van der Waals surface area contributed by atoms with Crippen molar-refractivity contribution in [3.8, 4) is 0 Å². The maximum atomic E-state index is 12.8. The number of nitrogens with two attached hydrogens (primary N) is 1. The van der Waals surface area contributed by atoms with Crippen molar-refractivity contribution >= 4 is 28.9 Å². The van der Waals surface area contributed by atoms with Gasteiger partial charge in [0.1, 0.15) is 0 Å². The maximum Gasteiger partial charge on any atom is 0.255 e. The van der Waals surface area contributed by atoms with Gasteiger partial charge in [0.05, 0.1) is 11.4 Å². The molecule has 3 aromatic carbocycles. The zero-order valence-corrected chi connectivity index (χ0v) is 21.1. The SMILES string of the molecule is Cc1cc(C(=O)Nc2cc(Cl)ccc2N)ccc1C1CCC(N2CCC(c3ccccc3)CC2)C1. The molecule has 1 heterocycles. The summed E-state index contributed by atoms with van der Waals surface area (Å²) in [6.07, 6.45) is 6.20. The molecule has 0 bridgehead atoms. The first-order valence-corrected chi connectivity index (χ1v) is 13.1. The molecule has 3 N–H and O–H groups in total. The number of amides is 1. The van der Waals surface area contributed by atoms with Crippen molar-refractivity contribution in [2.75, 3.05) is 24.1 Å². The third-order valence-electron chi connectivity index (χ3n) is 7.96. The van der Waals surface area contributed by atoms with Crippen molar-refractivity contribution in [3.05, 3.63) is 94.0 Å². The molecule has 1 saturated carbocycles. The second kappa shape index (κ2) is 10.4. The number of aryl methyl sites for hydroxylation is 1. The average Bonchev–Trinajstić information content (AvgIpc) is 3.37. The molecule has 1 amide bonds. The fraction of sp³-hybridized carbons (Fsp3) is 0.367. The molecule has 2 fully saturated rings. The van der Waals surface area contributed by atoms with Crippen LogP contribution in [0, 0.1) is 6.92 Å². The number of nitrogens with one attached hydrogen (secondary N) is 1. The number of halogens is 1. The zero-order valence-electron chi connectivity index (χ0n) is 20.3. The molecule has 35 heavy (non-hydrogen) atoms. The van der Waals surface area contributed by atoms with Gasteiger partial charge in [-0.3, -0.25) is 4.79 Å². The van der Waals surface area contributed by atoms with E-state index in [0.717, 1.165) is 0 Å². The summed E-state index contributed by atoms with van der Waals surface area (Å²) in [5.41, 5.74) is 11.7. The third-order valence-corrected chi connectivity index (χ3v) is 8.19. The van der Waals surface area contributed by atoms with Crippen LogP contribution in [0.4, 0.5) is 11.4 Å². The molecule has 182 valence electrons. The fourth-order valence-electron chi connectivity index (χ4n) is 6.00. The quantitative estimate of drug-likeness (QED) is 0.381. The van der Waals surface area contributed by atoms with Crippen LogP contribution in [0.25, 0.3) is 0 Å². The van der Waals surface area contributed by atoms with E-state index >= 15 is 0 Å². The summed E-state index contributed by atoms with van der Waals surface area (Å²) in [5.74, 6) is 1.10. The molecule has 2 unspecified atom stereocenters. The standard InChI is InChI=1S/C30H34ClN3O/c1-20-17-24(30(35)33-29-19-25(31)9-12-28(29)32)8-11-27(20)23-7-10-26(18-23)34-15-13-22(14-16-34)21-5-3-2-4-6-21/h2-6,8-9,11-12,17,19,22-23,26H,7,10,13-16,18,32H2,1H3,(H,33,35). The Morgan fingerprint density at radius 3 is 2.46 bits per heavy atom. The third kappa shape index (κ3) is 5.39. The van der Waals surface area contributed by atoms with Crippen LogP contribution in [0.5, 0.6) is 0 Å². The summed E-state index contributed by atoms with van der Waals surface area (Å²) in [6.45, 7) is 4.52. The van der Waals surface area contributed by atoms with Gasteiger partial charge in [0.25, 0.3) is 5.91 Å². The first-order chi connectivity index (χ1) is 17.0. The van der Waals surface area contributed by atoms with Gasteiger partial charge in [0, 0.05) is 16.6 Å². The normalized spacial score (nSPS) is 21.2. The van der Waals surface area contributed by atoms with Crippen LogP contribution >= 0.6 is 11.6 Å². The highest BCUT2D eigenvalue weighted by molar-refractivity contribution is 6.31. The van der Waals surface area contributed by atoms with Gasteiger partial charge in [-0.1, -0.05) is 48.0 Å². The van der Waals surface area contributed by atoms with Crippen LogP contribution in [-0.2, 0) is 0 Å². The molecule has 4 nitrogen and oxygen atoms in total. The number of rotatable bonds is 5. The Morgan fingerprint density at radius 1 is 0.943 bits per heavy atom. The van der Waals surface area contributed by atoms with Crippen LogP contribution < -0.4 is 11.1 Å². The van der Waals surface area contributed by atoms with E-state index in [2.05, 4.69) is 53.5 Å². The molecule has 0 spiro atoms. The van der Waals surface area contributed by atoms with Gasteiger partial charge in [-0.15, -0.1) is 0 Å². The Labute approximate surface area is 213 Å². The summed E-state index contributed by atoms with van der Waals surface area (Å²) in [7, 11) is 0. The molecule has 1 saturated heterocycles. The predicted molar refractivity (Wildman–Crippen MR) is 145 cm³/mol. The highest BCUT2D eigenvalue weighted by atomic mass is 35.5. The van der Waals surface area contributed by atoms with Crippen LogP contribution in [-0.4, -0.2) is 29.9 Å². The average molecular weight is 488 g/mol. The van der Waals surface area contributed by atoms with Gasteiger partial charge in [0.15, 0.2) is 0 Å². The largest absolute Gasteiger partial charge is 0.397 e. The van der Waals surface area contributed by atoms with E-state index in [9.17, 15) is 4.79 Å². The molecular formula is C30H34ClN3O. The smallest absolute Gasteiger partial charge is 0.255 e. The van der Waals surface area contributed by atoms with Gasteiger partial charge in [0.2, 0.25) is 0 Å². The van der Waals surface area contributed by atoms with E-state index in [1.54, 1.807) is 18.2 Å². The van der Waals surface area contributed by atoms with Crippen molar-refractivity contribution in [2.24, 2.45) is 0 Å². The summed E-state index contributed by atoms with van der Waals surface area (Å²) >= 11 is 6.06. The number of piperidine rings is 1.